The number of aryl methyl sites for hydroxylation is 1. The van der Waals surface area contributed by atoms with Gasteiger partial charge < -0.3 is 9.72 Å². The number of aromatic amines is 1. The monoisotopic (exact) mass is 315 g/mol. The molecule has 5 heteroatoms. The van der Waals surface area contributed by atoms with Crippen LogP contribution in [0.5, 0.6) is 0 Å². The van der Waals surface area contributed by atoms with Crippen LogP contribution in [0, 0.1) is 19.7 Å². The minimum Gasteiger partial charge on any atom is -0.461 e. The molecular weight excluding hydrogens is 297 g/mol. The molecule has 1 N–H and O–H groups in total. The van der Waals surface area contributed by atoms with Gasteiger partial charge >= 0.3 is 5.97 Å². The summed E-state index contributed by atoms with van der Waals surface area (Å²) in [6.07, 6.45) is 2.73. The molecule has 0 saturated heterocycles. The van der Waals surface area contributed by atoms with Gasteiger partial charge in [0.1, 0.15) is 11.5 Å². The largest absolute Gasteiger partial charge is 0.461 e. The van der Waals surface area contributed by atoms with Crippen LogP contribution in [0.25, 0.3) is 6.08 Å². The quantitative estimate of drug-likeness (QED) is 0.518. The molecule has 0 spiro atoms. The molecule has 0 atom stereocenters. The van der Waals surface area contributed by atoms with Crippen molar-refractivity contribution in [2.24, 2.45) is 0 Å². The summed E-state index contributed by atoms with van der Waals surface area (Å²) < 4.78 is 18.5. The Morgan fingerprint density at radius 3 is 2.61 bits per heavy atom. The summed E-state index contributed by atoms with van der Waals surface area (Å²) in [6.45, 7) is 5.36. The standard InChI is InChI=1S/C18H18FNO3/c1-4-23-18(22)17-11(2)16(12(3)20-17)15(21)10-9-13-7-5-6-8-14(13)19/h5-10,20H,4H2,1-3H3. The number of aromatic nitrogens is 1. The van der Waals surface area contributed by atoms with Crippen molar-refractivity contribution in [3.05, 3.63) is 64.2 Å². The van der Waals surface area contributed by atoms with Crippen molar-refractivity contribution >= 4 is 17.8 Å². The van der Waals surface area contributed by atoms with Crippen LogP contribution in [0.2, 0.25) is 0 Å². The van der Waals surface area contributed by atoms with Crippen molar-refractivity contribution in [1.82, 2.24) is 4.98 Å². The third kappa shape index (κ3) is 3.56. The van der Waals surface area contributed by atoms with Gasteiger partial charge in [0.2, 0.25) is 0 Å². The highest BCUT2D eigenvalue weighted by molar-refractivity contribution is 6.10. The number of ether oxygens (including phenoxy) is 1. The van der Waals surface area contributed by atoms with Gasteiger partial charge in [0.15, 0.2) is 5.78 Å². The molecule has 23 heavy (non-hydrogen) atoms. The number of ketones is 1. The smallest absolute Gasteiger partial charge is 0.355 e. The van der Waals surface area contributed by atoms with E-state index in [4.69, 9.17) is 4.74 Å². The molecule has 0 radical (unpaired) electrons. The summed E-state index contributed by atoms with van der Waals surface area (Å²) in [5.41, 5.74) is 2.11. The summed E-state index contributed by atoms with van der Waals surface area (Å²) in [7, 11) is 0. The fourth-order valence-corrected chi connectivity index (χ4v) is 2.39. The zero-order valence-electron chi connectivity index (χ0n) is 13.3. The van der Waals surface area contributed by atoms with E-state index in [-0.39, 0.29) is 18.1 Å². The lowest BCUT2D eigenvalue weighted by Gasteiger charge is -2.01. The van der Waals surface area contributed by atoms with Crippen LogP contribution in [0.4, 0.5) is 4.39 Å². The Morgan fingerprint density at radius 1 is 1.26 bits per heavy atom. The highest BCUT2D eigenvalue weighted by Crippen LogP contribution is 2.20. The lowest BCUT2D eigenvalue weighted by Crippen LogP contribution is -2.07. The van der Waals surface area contributed by atoms with Gasteiger partial charge in [-0.1, -0.05) is 18.2 Å². The highest BCUT2D eigenvalue weighted by Gasteiger charge is 2.21. The van der Waals surface area contributed by atoms with Crippen LogP contribution in [-0.2, 0) is 4.74 Å². The van der Waals surface area contributed by atoms with E-state index < -0.39 is 11.8 Å². The van der Waals surface area contributed by atoms with Crippen molar-refractivity contribution < 1.29 is 18.7 Å². The first-order valence-corrected chi connectivity index (χ1v) is 7.29. The number of hydrogen-bond acceptors (Lipinski definition) is 3. The van der Waals surface area contributed by atoms with Crippen molar-refractivity contribution in [2.45, 2.75) is 20.8 Å². The van der Waals surface area contributed by atoms with Gasteiger partial charge in [-0.05, 0) is 44.6 Å². The number of H-pyrrole nitrogens is 1. The summed E-state index contributed by atoms with van der Waals surface area (Å²) in [5.74, 6) is -1.19. The Hall–Kier alpha value is -2.69. The molecule has 0 aliphatic heterocycles. The molecule has 1 aromatic carbocycles. The maximum atomic E-state index is 13.6. The molecule has 0 aliphatic carbocycles. The van der Waals surface area contributed by atoms with Crippen LogP contribution < -0.4 is 0 Å². The molecular formula is C18H18FNO3. The third-order valence-electron chi connectivity index (χ3n) is 3.48. The molecule has 120 valence electrons. The van der Waals surface area contributed by atoms with Crippen molar-refractivity contribution in [3.8, 4) is 0 Å². The van der Waals surface area contributed by atoms with Gasteiger partial charge in [-0.3, -0.25) is 4.79 Å². The number of esters is 1. The van der Waals surface area contributed by atoms with E-state index in [2.05, 4.69) is 4.98 Å². The van der Waals surface area contributed by atoms with Crippen LogP contribution in [0.15, 0.2) is 30.3 Å². The molecule has 2 rings (SSSR count). The molecule has 0 saturated carbocycles. The Balaban J connectivity index is 2.30. The van der Waals surface area contributed by atoms with Gasteiger partial charge in [0.25, 0.3) is 0 Å². The number of rotatable bonds is 5. The maximum Gasteiger partial charge on any atom is 0.355 e. The summed E-state index contributed by atoms with van der Waals surface area (Å²) in [4.78, 5) is 27.1. The van der Waals surface area contributed by atoms with E-state index in [0.29, 0.717) is 22.4 Å². The number of carbonyl (C=O) groups is 2. The number of nitrogens with one attached hydrogen (secondary N) is 1. The Morgan fingerprint density at radius 2 is 1.96 bits per heavy atom. The summed E-state index contributed by atoms with van der Waals surface area (Å²) in [5, 5.41) is 0. The molecule has 4 nitrogen and oxygen atoms in total. The molecule has 0 amide bonds. The molecule has 1 aromatic heterocycles. The average Bonchev–Trinajstić information content (AvgIpc) is 2.81. The van der Waals surface area contributed by atoms with Gasteiger partial charge in [-0.25, -0.2) is 9.18 Å². The number of allylic oxidation sites excluding steroid dienone is 1. The molecule has 0 unspecified atom stereocenters. The van der Waals surface area contributed by atoms with E-state index in [1.807, 2.05) is 0 Å². The number of benzene rings is 1. The second-order valence-corrected chi connectivity index (χ2v) is 5.06. The van der Waals surface area contributed by atoms with Crippen molar-refractivity contribution in [3.63, 3.8) is 0 Å². The SMILES string of the molecule is CCOC(=O)c1[nH]c(C)c(C(=O)C=Cc2ccccc2F)c1C. The third-order valence-corrected chi connectivity index (χ3v) is 3.48. The van der Waals surface area contributed by atoms with E-state index in [0.717, 1.165) is 0 Å². The van der Waals surface area contributed by atoms with E-state index >= 15 is 0 Å². The minimum absolute atomic E-state index is 0.257. The zero-order valence-corrected chi connectivity index (χ0v) is 13.3. The molecule has 0 fully saturated rings. The second-order valence-electron chi connectivity index (χ2n) is 5.06. The zero-order chi connectivity index (χ0) is 17.0. The molecule has 1 heterocycles. The predicted molar refractivity (Wildman–Crippen MR) is 86.0 cm³/mol. The van der Waals surface area contributed by atoms with E-state index in [1.54, 1.807) is 39.0 Å². The fourth-order valence-electron chi connectivity index (χ4n) is 2.39. The predicted octanol–water partition coefficient (Wildman–Crippen LogP) is 3.84. The summed E-state index contributed by atoms with van der Waals surface area (Å²) in [6, 6.07) is 6.19. The van der Waals surface area contributed by atoms with Crippen molar-refractivity contribution in [1.29, 1.82) is 0 Å². The van der Waals surface area contributed by atoms with Gasteiger partial charge in [-0.15, -0.1) is 0 Å². The first-order valence-electron chi connectivity index (χ1n) is 7.29. The lowest BCUT2D eigenvalue weighted by atomic mass is 10.0. The Bertz CT molecular complexity index is 775. The number of hydrogen-bond donors (Lipinski definition) is 1. The number of carbonyl (C=O) groups excluding carboxylic acids is 2. The normalized spacial score (nSPS) is 11.0. The van der Waals surface area contributed by atoms with Crippen LogP contribution in [0.3, 0.4) is 0 Å². The topological polar surface area (TPSA) is 59.2 Å². The first-order chi connectivity index (χ1) is 11.0. The van der Waals surface area contributed by atoms with Crippen molar-refractivity contribution in [2.75, 3.05) is 6.61 Å². The van der Waals surface area contributed by atoms with Crippen LogP contribution >= 0.6 is 0 Å². The van der Waals surface area contributed by atoms with Gasteiger partial charge in [0, 0.05) is 16.8 Å². The first kappa shape index (κ1) is 16.7. The molecule has 0 bridgehead atoms. The Labute approximate surface area is 134 Å². The van der Waals surface area contributed by atoms with Gasteiger partial charge in [0.05, 0.1) is 6.61 Å². The fraction of sp³-hybridized carbons (Fsp3) is 0.222. The lowest BCUT2D eigenvalue weighted by molar-refractivity contribution is 0.0519. The Kier molecular flexibility index (Phi) is 5.11. The minimum atomic E-state index is -0.495. The average molecular weight is 315 g/mol. The van der Waals surface area contributed by atoms with E-state index in [9.17, 15) is 14.0 Å². The van der Waals surface area contributed by atoms with Crippen LogP contribution in [-0.4, -0.2) is 23.3 Å². The number of halogens is 1. The maximum absolute atomic E-state index is 13.6. The summed E-state index contributed by atoms with van der Waals surface area (Å²) >= 11 is 0. The van der Waals surface area contributed by atoms with Crippen LogP contribution in [0.1, 0.15) is 44.6 Å². The second kappa shape index (κ2) is 7.05. The van der Waals surface area contributed by atoms with Gasteiger partial charge in [-0.2, -0.15) is 0 Å². The molecule has 0 aliphatic rings. The van der Waals surface area contributed by atoms with E-state index in [1.165, 1.54) is 18.2 Å². The highest BCUT2D eigenvalue weighted by atomic mass is 19.1. The molecule has 2 aromatic rings.